The lowest BCUT2D eigenvalue weighted by Crippen LogP contribution is -2.25. The van der Waals surface area contributed by atoms with E-state index in [0.29, 0.717) is 22.9 Å². The lowest BCUT2D eigenvalue weighted by Gasteiger charge is -2.20. The number of ether oxygens (including phenoxy) is 1. The van der Waals surface area contributed by atoms with E-state index in [2.05, 4.69) is 31.3 Å². The summed E-state index contributed by atoms with van der Waals surface area (Å²) in [6.07, 6.45) is 3.79. The monoisotopic (exact) mass is 464 g/mol. The molecule has 29 heavy (non-hydrogen) atoms. The smallest absolute Gasteiger partial charge is 0.387 e. The van der Waals surface area contributed by atoms with Crippen LogP contribution >= 0.6 is 15.9 Å². The number of hydrogen-bond acceptors (Lipinski definition) is 3. The summed E-state index contributed by atoms with van der Waals surface area (Å²) < 4.78 is 30.2. The molecule has 0 aromatic heterocycles. The van der Waals surface area contributed by atoms with Gasteiger partial charge in [0.05, 0.1) is 6.04 Å². The summed E-state index contributed by atoms with van der Waals surface area (Å²) in [5.74, 6) is -0.386. The first kappa shape index (κ1) is 21.0. The molecule has 1 aliphatic rings. The Balaban J connectivity index is 1.68. The molecule has 0 spiro atoms. The number of amides is 2. The van der Waals surface area contributed by atoms with Crippen molar-refractivity contribution < 1.29 is 23.1 Å². The van der Waals surface area contributed by atoms with Crippen molar-refractivity contribution in [3.63, 3.8) is 0 Å². The van der Waals surface area contributed by atoms with Crippen molar-refractivity contribution >= 4 is 39.5 Å². The molecule has 1 aliphatic heterocycles. The fraction of sp³-hybridized carbons (Fsp3) is 0.238. The topological polar surface area (TPSA) is 67.4 Å². The first-order chi connectivity index (χ1) is 13.8. The van der Waals surface area contributed by atoms with Crippen LogP contribution in [0.5, 0.6) is 5.75 Å². The lowest BCUT2D eigenvalue weighted by atomic mass is 9.98. The summed E-state index contributed by atoms with van der Waals surface area (Å²) in [4.78, 5) is 23.7. The number of aryl methyl sites for hydroxylation is 1. The maximum absolute atomic E-state index is 12.5. The summed E-state index contributed by atoms with van der Waals surface area (Å²) in [6.45, 7) is -1.11. The van der Waals surface area contributed by atoms with Crippen molar-refractivity contribution in [2.75, 3.05) is 5.32 Å². The van der Waals surface area contributed by atoms with Crippen LogP contribution in [0.25, 0.3) is 6.08 Å². The number of hydrogen-bond donors (Lipinski definition) is 2. The summed E-state index contributed by atoms with van der Waals surface area (Å²) in [5.41, 5.74) is 3.09. The first-order valence-corrected chi connectivity index (χ1v) is 9.77. The highest BCUT2D eigenvalue weighted by atomic mass is 79.9. The van der Waals surface area contributed by atoms with Gasteiger partial charge in [0.1, 0.15) is 5.75 Å². The lowest BCUT2D eigenvalue weighted by molar-refractivity contribution is -0.117. The van der Waals surface area contributed by atoms with Crippen LogP contribution in [0.1, 0.15) is 36.1 Å². The Morgan fingerprint density at radius 3 is 2.79 bits per heavy atom. The van der Waals surface area contributed by atoms with Crippen molar-refractivity contribution in [2.45, 2.75) is 32.4 Å². The molecule has 0 aliphatic carbocycles. The molecule has 1 atom stereocenters. The average Bonchev–Trinajstić information content (AvgIpc) is 2.67. The fourth-order valence-corrected chi connectivity index (χ4v) is 3.41. The quantitative estimate of drug-likeness (QED) is 0.601. The van der Waals surface area contributed by atoms with Crippen LogP contribution in [0, 0.1) is 0 Å². The zero-order valence-electron chi connectivity index (χ0n) is 15.5. The molecule has 1 unspecified atom stereocenters. The van der Waals surface area contributed by atoms with Crippen LogP contribution in [0.3, 0.4) is 0 Å². The van der Waals surface area contributed by atoms with E-state index in [4.69, 9.17) is 0 Å². The minimum absolute atomic E-state index is 0.000484. The molecule has 2 aromatic rings. The van der Waals surface area contributed by atoms with Crippen LogP contribution in [0.2, 0.25) is 0 Å². The maximum Gasteiger partial charge on any atom is 0.387 e. The van der Waals surface area contributed by atoms with Gasteiger partial charge < -0.3 is 15.4 Å². The van der Waals surface area contributed by atoms with Crippen LogP contribution in [0.15, 0.2) is 46.9 Å². The second kappa shape index (κ2) is 9.17. The van der Waals surface area contributed by atoms with Gasteiger partial charge in [0.2, 0.25) is 11.8 Å². The second-order valence-corrected chi connectivity index (χ2v) is 7.50. The average molecular weight is 465 g/mol. The Morgan fingerprint density at radius 1 is 1.24 bits per heavy atom. The summed E-state index contributed by atoms with van der Waals surface area (Å²) in [5, 5.41) is 5.67. The van der Waals surface area contributed by atoms with Gasteiger partial charge in [-0.3, -0.25) is 9.59 Å². The van der Waals surface area contributed by atoms with Crippen LogP contribution in [0.4, 0.5) is 14.5 Å². The molecule has 2 aromatic carbocycles. The van der Waals surface area contributed by atoms with Crippen molar-refractivity contribution in [2.24, 2.45) is 0 Å². The van der Waals surface area contributed by atoms with E-state index < -0.39 is 6.61 Å². The number of carbonyl (C=O) groups is 2. The molecule has 0 fully saturated rings. The summed E-state index contributed by atoms with van der Waals surface area (Å²) in [6, 6.07) is 9.94. The van der Waals surface area contributed by atoms with Crippen LogP contribution < -0.4 is 15.4 Å². The molecule has 8 heteroatoms. The van der Waals surface area contributed by atoms with E-state index in [0.717, 1.165) is 16.8 Å². The van der Waals surface area contributed by atoms with Gasteiger partial charge in [-0.15, -0.1) is 0 Å². The van der Waals surface area contributed by atoms with E-state index in [1.54, 1.807) is 12.1 Å². The number of fused-ring (bicyclic) bond motifs is 1. The highest BCUT2D eigenvalue weighted by Gasteiger charge is 2.17. The third-order valence-corrected chi connectivity index (χ3v) is 4.98. The van der Waals surface area contributed by atoms with Gasteiger partial charge >= 0.3 is 6.61 Å². The van der Waals surface area contributed by atoms with Gasteiger partial charge in [-0.1, -0.05) is 28.1 Å². The minimum Gasteiger partial charge on any atom is -0.434 e. The number of nitrogens with one attached hydrogen (secondary N) is 2. The van der Waals surface area contributed by atoms with Gasteiger partial charge in [0, 0.05) is 28.2 Å². The Labute approximate surface area is 175 Å². The maximum atomic E-state index is 12.5. The van der Waals surface area contributed by atoms with Crippen LogP contribution in [-0.2, 0) is 16.0 Å². The van der Waals surface area contributed by atoms with Crippen molar-refractivity contribution in [1.29, 1.82) is 0 Å². The Kier molecular flexibility index (Phi) is 6.64. The molecule has 5 nitrogen and oxygen atoms in total. The number of halogens is 3. The zero-order chi connectivity index (χ0) is 21.0. The molecule has 0 saturated heterocycles. The van der Waals surface area contributed by atoms with Crippen molar-refractivity contribution in [3.8, 4) is 5.75 Å². The zero-order valence-corrected chi connectivity index (χ0v) is 17.1. The number of carbonyl (C=O) groups excluding carboxylic acids is 2. The second-order valence-electron chi connectivity index (χ2n) is 6.59. The molecule has 0 bridgehead atoms. The molecule has 2 amide bonds. The molecule has 3 rings (SSSR count). The highest BCUT2D eigenvalue weighted by molar-refractivity contribution is 9.10. The Hall–Kier alpha value is -2.74. The van der Waals surface area contributed by atoms with E-state index in [-0.39, 0.29) is 23.6 Å². The fourth-order valence-electron chi connectivity index (χ4n) is 3.04. The minimum atomic E-state index is -2.95. The SMILES string of the molecule is CC(NC(=O)C=Cc1cc(Br)ccc1OC(F)F)c1ccc2c(c1)CCC(=O)N2. The number of rotatable bonds is 6. The van der Waals surface area contributed by atoms with Gasteiger partial charge in [0.15, 0.2) is 0 Å². The molecule has 152 valence electrons. The molecular formula is C21H19BrF2N2O3. The van der Waals surface area contributed by atoms with E-state index in [1.165, 1.54) is 18.2 Å². The number of benzene rings is 2. The first-order valence-electron chi connectivity index (χ1n) is 8.97. The van der Waals surface area contributed by atoms with Gasteiger partial charge in [-0.05, 0) is 54.8 Å². The van der Waals surface area contributed by atoms with Crippen LogP contribution in [-0.4, -0.2) is 18.4 Å². The normalized spacial score (nSPS) is 14.4. The largest absolute Gasteiger partial charge is 0.434 e. The van der Waals surface area contributed by atoms with E-state index in [1.807, 2.05) is 25.1 Å². The molecule has 2 N–H and O–H groups in total. The summed E-state index contributed by atoms with van der Waals surface area (Å²) >= 11 is 3.27. The van der Waals surface area contributed by atoms with Gasteiger partial charge in [0.25, 0.3) is 0 Å². The van der Waals surface area contributed by atoms with E-state index in [9.17, 15) is 18.4 Å². The Morgan fingerprint density at radius 2 is 2.03 bits per heavy atom. The molecule has 0 saturated carbocycles. The number of alkyl halides is 2. The number of anilines is 1. The summed E-state index contributed by atoms with van der Waals surface area (Å²) in [7, 11) is 0. The van der Waals surface area contributed by atoms with Gasteiger partial charge in [-0.25, -0.2) is 0 Å². The standard InChI is InChI=1S/C21H19BrF2N2O3/c1-12(13-2-6-17-14(10-13)3-8-20(28)26-17)25-19(27)9-4-15-11-16(22)5-7-18(15)29-21(23)24/h2,4-7,9-12,21H,3,8H2,1H3,(H,25,27)(H,26,28). The van der Waals surface area contributed by atoms with Crippen molar-refractivity contribution in [3.05, 3.63) is 63.6 Å². The third-order valence-electron chi connectivity index (χ3n) is 4.49. The third kappa shape index (κ3) is 5.63. The molecule has 1 heterocycles. The van der Waals surface area contributed by atoms with E-state index >= 15 is 0 Å². The predicted molar refractivity (Wildman–Crippen MR) is 110 cm³/mol. The highest BCUT2D eigenvalue weighted by Crippen LogP contribution is 2.27. The molecule has 0 radical (unpaired) electrons. The molecular weight excluding hydrogens is 446 g/mol. The van der Waals surface area contributed by atoms with Gasteiger partial charge in [-0.2, -0.15) is 8.78 Å². The Bertz CT molecular complexity index is 963. The van der Waals surface area contributed by atoms with Crippen molar-refractivity contribution in [1.82, 2.24) is 5.32 Å². The predicted octanol–water partition coefficient (Wildman–Crippen LogP) is 4.83.